The van der Waals surface area contributed by atoms with E-state index in [4.69, 9.17) is 0 Å². The van der Waals surface area contributed by atoms with Crippen molar-refractivity contribution in [3.63, 3.8) is 0 Å². The van der Waals surface area contributed by atoms with Crippen LogP contribution in [0.3, 0.4) is 0 Å². The fourth-order valence-electron chi connectivity index (χ4n) is 7.06. The van der Waals surface area contributed by atoms with Gasteiger partial charge in [0.25, 0.3) is 0 Å². The van der Waals surface area contributed by atoms with Crippen molar-refractivity contribution in [2.75, 3.05) is 19.5 Å². The molecule has 0 aromatic heterocycles. The predicted molar refractivity (Wildman–Crippen MR) is 168 cm³/mol. The molecular weight excluding hydrogens is 462 g/mol. The van der Waals surface area contributed by atoms with Gasteiger partial charge in [-0.1, -0.05) is 139 Å². The number of fused-ring (bicyclic) bond motifs is 3. The molecule has 0 N–H and O–H groups in total. The summed E-state index contributed by atoms with van der Waals surface area (Å²) in [5.41, 5.74) is 5.84. The van der Waals surface area contributed by atoms with Crippen molar-refractivity contribution in [3.8, 4) is 0 Å². The van der Waals surface area contributed by atoms with Gasteiger partial charge in [0.1, 0.15) is 0 Å². The van der Waals surface area contributed by atoms with Crippen LogP contribution in [0.15, 0.2) is 133 Å². The molecule has 6 aromatic carbocycles. The molecule has 0 saturated heterocycles. The summed E-state index contributed by atoms with van der Waals surface area (Å²) in [7, 11) is -1.45. The van der Waals surface area contributed by atoms with Crippen LogP contribution in [-0.2, 0) is 0 Å². The van der Waals surface area contributed by atoms with Crippen molar-refractivity contribution in [3.05, 3.63) is 139 Å². The van der Waals surface area contributed by atoms with Gasteiger partial charge in [0.2, 0.25) is 5.87 Å². The summed E-state index contributed by atoms with van der Waals surface area (Å²) in [5, 5.41) is 7.87. The summed E-state index contributed by atoms with van der Waals surface area (Å²) >= 11 is 0. The van der Waals surface area contributed by atoms with E-state index in [2.05, 4.69) is 147 Å². The Hall–Kier alpha value is -3.67. The summed E-state index contributed by atoms with van der Waals surface area (Å²) in [5.74, 6) is -1.15. The lowest BCUT2D eigenvalue weighted by atomic mass is 9.33. The van der Waals surface area contributed by atoms with Gasteiger partial charge in [-0.25, -0.2) is 0 Å². The van der Waals surface area contributed by atoms with Crippen LogP contribution >= 0.6 is 7.14 Å². The predicted octanol–water partition coefficient (Wildman–Crippen LogP) is 8.12. The Labute approximate surface area is 219 Å². The molecule has 1 heterocycles. The van der Waals surface area contributed by atoms with Gasteiger partial charge in [-0.15, -0.1) is 7.14 Å². The van der Waals surface area contributed by atoms with E-state index < -0.39 is 13.0 Å². The SMILES string of the molecule is C[P+]1(C)CC=C(c2ccc3ccccc3c2)[B-]1(c1ccc2ccccc2c1)c1ccc2ccccc2c1. The standard InChI is InChI=1S/C35H30BP/c1-37(2)22-21-35(32-16-15-26-9-3-6-12-29(26)23-32)36(37,33-19-17-27-10-4-7-13-30(27)24-33)34-20-18-28-11-5-8-14-31(28)25-34/h3-21,23-25H,22H2,1-2H3. The van der Waals surface area contributed by atoms with Crippen LogP contribution in [0.1, 0.15) is 5.56 Å². The van der Waals surface area contributed by atoms with Crippen molar-refractivity contribution in [1.29, 1.82) is 0 Å². The highest BCUT2D eigenvalue weighted by molar-refractivity contribution is 8.14. The molecule has 1 aliphatic rings. The first kappa shape index (κ1) is 22.5. The maximum absolute atomic E-state index is 2.59. The fraction of sp³-hybridized carbons (Fsp3) is 0.0857. The van der Waals surface area contributed by atoms with Gasteiger partial charge in [-0.2, -0.15) is 16.4 Å². The van der Waals surface area contributed by atoms with Crippen LogP contribution in [0.5, 0.6) is 0 Å². The highest BCUT2D eigenvalue weighted by atomic mass is 31.2. The zero-order valence-corrected chi connectivity index (χ0v) is 22.3. The van der Waals surface area contributed by atoms with Gasteiger partial charge in [-0.3, -0.25) is 0 Å². The molecule has 0 saturated carbocycles. The Bertz CT molecular complexity index is 1770. The second-order valence-electron chi connectivity index (χ2n) is 11.2. The molecule has 37 heavy (non-hydrogen) atoms. The van der Waals surface area contributed by atoms with E-state index in [0.29, 0.717) is 0 Å². The molecule has 0 amide bonds. The number of rotatable bonds is 3. The Morgan fingerprint density at radius 3 is 1.43 bits per heavy atom. The second kappa shape index (κ2) is 8.44. The molecule has 0 nitrogen and oxygen atoms in total. The molecule has 0 aliphatic carbocycles. The molecule has 0 fully saturated rings. The van der Waals surface area contributed by atoms with Crippen LogP contribution in [0.4, 0.5) is 0 Å². The fourth-order valence-corrected chi connectivity index (χ4v) is 11.0. The quantitative estimate of drug-likeness (QED) is 0.173. The van der Waals surface area contributed by atoms with Crippen LogP contribution in [0.2, 0.25) is 0 Å². The van der Waals surface area contributed by atoms with Crippen molar-refractivity contribution < 1.29 is 0 Å². The number of hydrogen-bond donors (Lipinski definition) is 0. The Kier molecular flexibility index (Phi) is 5.14. The normalized spacial score (nSPS) is 16.3. The third-order valence-electron chi connectivity index (χ3n) is 8.87. The minimum atomic E-state index is -1.45. The lowest BCUT2D eigenvalue weighted by molar-refractivity contribution is 1.67. The van der Waals surface area contributed by atoms with Crippen molar-refractivity contribution in [2.45, 2.75) is 0 Å². The molecule has 0 radical (unpaired) electrons. The molecule has 0 spiro atoms. The van der Waals surface area contributed by atoms with E-state index in [1.807, 2.05) is 0 Å². The summed E-state index contributed by atoms with van der Waals surface area (Å²) in [6.07, 6.45) is 3.75. The van der Waals surface area contributed by atoms with E-state index in [1.165, 1.54) is 54.3 Å². The first-order valence-electron chi connectivity index (χ1n) is 13.2. The zero-order valence-electron chi connectivity index (χ0n) is 21.4. The molecule has 178 valence electrons. The van der Waals surface area contributed by atoms with E-state index >= 15 is 0 Å². The van der Waals surface area contributed by atoms with Gasteiger partial charge in [0.05, 0.1) is 0 Å². The molecule has 0 unspecified atom stereocenters. The maximum atomic E-state index is 2.59. The van der Waals surface area contributed by atoms with Gasteiger partial charge in [0, 0.05) is 19.5 Å². The smallest absolute Gasteiger partial charge is 0.157 e. The summed E-state index contributed by atoms with van der Waals surface area (Å²) in [6, 6.07) is 47.9. The Morgan fingerprint density at radius 1 is 0.486 bits per heavy atom. The monoisotopic (exact) mass is 492 g/mol. The minimum absolute atomic E-state index is 1.15. The first-order valence-corrected chi connectivity index (χ1v) is 16.2. The van der Waals surface area contributed by atoms with Crippen LogP contribution in [-0.4, -0.2) is 25.4 Å². The maximum Gasteiger partial charge on any atom is 0.246 e. The molecule has 6 aromatic rings. The van der Waals surface area contributed by atoms with Crippen molar-refractivity contribution in [1.82, 2.24) is 0 Å². The lowest BCUT2D eigenvalue weighted by Crippen LogP contribution is -2.59. The van der Waals surface area contributed by atoms with E-state index in [1.54, 1.807) is 0 Å². The summed E-state index contributed by atoms with van der Waals surface area (Å²) in [6.45, 7) is 5.17. The molecule has 0 atom stereocenters. The van der Waals surface area contributed by atoms with E-state index in [0.717, 1.165) is 6.16 Å². The number of benzene rings is 6. The highest BCUT2D eigenvalue weighted by Gasteiger charge is 2.54. The average molecular weight is 492 g/mol. The second-order valence-corrected chi connectivity index (χ2v) is 15.9. The highest BCUT2D eigenvalue weighted by Crippen LogP contribution is 2.67. The number of hydrogen-bond acceptors (Lipinski definition) is 0. The van der Waals surface area contributed by atoms with Gasteiger partial charge < -0.3 is 0 Å². The molecule has 1 aliphatic heterocycles. The summed E-state index contributed by atoms with van der Waals surface area (Å²) in [4.78, 5) is 0. The van der Waals surface area contributed by atoms with E-state index in [-0.39, 0.29) is 0 Å². The Morgan fingerprint density at radius 2 is 0.919 bits per heavy atom. The third kappa shape index (κ3) is 3.42. The van der Waals surface area contributed by atoms with Crippen LogP contribution in [0, 0.1) is 0 Å². The van der Waals surface area contributed by atoms with Gasteiger partial charge in [-0.05, 0) is 32.3 Å². The first-order chi connectivity index (χ1) is 18.1. The zero-order chi connectivity index (χ0) is 25.0. The Balaban J connectivity index is 1.56. The topological polar surface area (TPSA) is 0 Å². The third-order valence-corrected chi connectivity index (χ3v) is 13.0. The molecule has 2 heteroatoms. The largest absolute Gasteiger partial charge is 0.246 e. The van der Waals surface area contributed by atoms with Crippen LogP contribution < -0.4 is 10.9 Å². The minimum Gasteiger partial charge on any atom is -0.157 e. The van der Waals surface area contributed by atoms with Crippen molar-refractivity contribution >= 4 is 61.7 Å². The van der Waals surface area contributed by atoms with Crippen LogP contribution in [0.25, 0.3) is 37.8 Å². The number of allylic oxidation sites excluding steroid dienone is 1. The molecular formula is C35H30BP. The van der Waals surface area contributed by atoms with Gasteiger partial charge >= 0.3 is 0 Å². The lowest BCUT2D eigenvalue weighted by Gasteiger charge is -2.46. The average Bonchev–Trinajstić information content (AvgIpc) is 3.23. The van der Waals surface area contributed by atoms with Gasteiger partial charge in [0.15, 0.2) is 0 Å². The summed E-state index contributed by atoms with van der Waals surface area (Å²) < 4.78 is 0. The van der Waals surface area contributed by atoms with Crippen molar-refractivity contribution in [2.24, 2.45) is 0 Å². The van der Waals surface area contributed by atoms with E-state index in [9.17, 15) is 0 Å². The molecule has 0 bridgehead atoms. The molecule has 7 rings (SSSR count).